The zero-order valence-corrected chi connectivity index (χ0v) is 10.1. The molecule has 0 saturated heterocycles. The van der Waals surface area contributed by atoms with Crippen molar-refractivity contribution in [3.8, 4) is 11.5 Å². The second-order valence-electron chi connectivity index (χ2n) is 3.86. The summed E-state index contributed by atoms with van der Waals surface area (Å²) in [7, 11) is 0. The standard InChI is InChI=1S/C15H14O3/c1-2-3-8-15(17)18-14-10-9-13(16)11-6-4-5-7-12(11)14/h3-10,16H,2H2,1H3/b8-3+. The van der Waals surface area contributed by atoms with Crippen LogP contribution in [0.15, 0.2) is 48.6 Å². The van der Waals surface area contributed by atoms with Crippen LogP contribution in [0.2, 0.25) is 0 Å². The van der Waals surface area contributed by atoms with Gasteiger partial charge < -0.3 is 9.84 Å². The fourth-order valence-electron chi connectivity index (χ4n) is 1.70. The maximum atomic E-state index is 11.5. The fraction of sp³-hybridized carbons (Fsp3) is 0.133. The lowest BCUT2D eigenvalue weighted by atomic mass is 10.1. The molecule has 0 spiro atoms. The van der Waals surface area contributed by atoms with Crippen molar-refractivity contribution < 1.29 is 14.6 Å². The van der Waals surface area contributed by atoms with Crippen LogP contribution in [0.4, 0.5) is 0 Å². The Morgan fingerprint density at radius 2 is 1.94 bits per heavy atom. The van der Waals surface area contributed by atoms with Crippen LogP contribution < -0.4 is 4.74 Å². The zero-order chi connectivity index (χ0) is 13.0. The Kier molecular flexibility index (Phi) is 3.63. The van der Waals surface area contributed by atoms with Gasteiger partial charge in [0.25, 0.3) is 0 Å². The van der Waals surface area contributed by atoms with E-state index in [0.717, 1.165) is 11.8 Å². The van der Waals surface area contributed by atoms with Gasteiger partial charge in [-0.15, -0.1) is 0 Å². The minimum atomic E-state index is -0.410. The van der Waals surface area contributed by atoms with Crippen LogP contribution in [0.25, 0.3) is 10.8 Å². The number of hydrogen-bond donors (Lipinski definition) is 1. The number of carbonyl (C=O) groups excluding carboxylic acids is 1. The first kappa shape index (κ1) is 12.2. The van der Waals surface area contributed by atoms with Crippen LogP contribution in [0.1, 0.15) is 13.3 Å². The van der Waals surface area contributed by atoms with Crippen LogP contribution in [0, 0.1) is 0 Å². The predicted molar refractivity (Wildman–Crippen MR) is 70.7 cm³/mol. The molecule has 92 valence electrons. The van der Waals surface area contributed by atoms with Gasteiger partial charge in [0.2, 0.25) is 0 Å². The highest BCUT2D eigenvalue weighted by molar-refractivity contribution is 5.95. The maximum Gasteiger partial charge on any atom is 0.335 e. The number of phenols is 1. The van der Waals surface area contributed by atoms with Crippen molar-refractivity contribution in [2.45, 2.75) is 13.3 Å². The summed E-state index contributed by atoms with van der Waals surface area (Å²) in [5.41, 5.74) is 0. The summed E-state index contributed by atoms with van der Waals surface area (Å²) in [4.78, 5) is 11.5. The zero-order valence-electron chi connectivity index (χ0n) is 10.1. The lowest BCUT2D eigenvalue weighted by Crippen LogP contribution is -2.04. The van der Waals surface area contributed by atoms with Gasteiger partial charge in [-0.3, -0.25) is 0 Å². The van der Waals surface area contributed by atoms with Crippen LogP contribution in [-0.4, -0.2) is 11.1 Å². The molecule has 1 N–H and O–H groups in total. The number of benzene rings is 2. The van der Waals surface area contributed by atoms with Crippen molar-refractivity contribution in [1.29, 1.82) is 0 Å². The van der Waals surface area contributed by atoms with E-state index in [0.29, 0.717) is 11.1 Å². The minimum Gasteiger partial charge on any atom is -0.507 e. The van der Waals surface area contributed by atoms with Crippen molar-refractivity contribution in [2.24, 2.45) is 0 Å². The number of phenolic OH excluding ortho intramolecular Hbond substituents is 1. The van der Waals surface area contributed by atoms with Crippen molar-refractivity contribution in [1.82, 2.24) is 0 Å². The molecule has 2 aromatic rings. The van der Waals surface area contributed by atoms with E-state index in [-0.39, 0.29) is 5.75 Å². The number of aromatic hydroxyl groups is 1. The molecule has 0 atom stereocenters. The molecule has 2 aromatic carbocycles. The highest BCUT2D eigenvalue weighted by atomic mass is 16.5. The van der Waals surface area contributed by atoms with Crippen LogP contribution in [-0.2, 0) is 4.79 Å². The molecule has 18 heavy (non-hydrogen) atoms. The molecular weight excluding hydrogens is 228 g/mol. The molecule has 2 rings (SSSR count). The highest BCUT2D eigenvalue weighted by Crippen LogP contribution is 2.32. The van der Waals surface area contributed by atoms with E-state index < -0.39 is 5.97 Å². The van der Waals surface area contributed by atoms with E-state index in [1.54, 1.807) is 24.3 Å². The topological polar surface area (TPSA) is 46.5 Å². The first-order chi connectivity index (χ1) is 8.72. The third-order valence-corrected chi connectivity index (χ3v) is 2.56. The molecule has 0 amide bonds. The minimum absolute atomic E-state index is 0.175. The maximum absolute atomic E-state index is 11.5. The lowest BCUT2D eigenvalue weighted by Gasteiger charge is -2.07. The van der Waals surface area contributed by atoms with Gasteiger partial charge in [0, 0.05) is 16.8 Å². The van der Waals surface area contributed by atoms with E-state index in [1.165, 1.54) is 12.1 Å². The highest BCUT2D eigenvalue weighted by Gasteiger charge is 2.08. The summed E-state index contributed by atoms with van der Waals surface area (Å²) < 4.78 is 5.25. The molecular formula is C15H14O3. The summed E-state index contributed by atoms with van der Waals surface area (Å²) in [5.74, 6) is 0.219. The van der Waals surface area contributed by atoms with Crippen molar-refractivity contribution in [3.63, 3.8) is 0 Å². The number of carbonyl (C=O) groups is 1. The van der Waals surface area contributed by atoms with Gasteiger partial charge in [0.15, 0.2) is 0 Å². The van der Waals surface area contributed by atoms with Gasteiger partial charge in [-0.2, -0.15) is 0 Å². The quantitative estimate of drug-likeness (QED) is 0.509. The van der Waals surface area contributed by atoms with E-state index >= 15 is 0 Å². The smallest absolute Gasteiger partial charge is 0.335 e. The van der Waals surface area contributed by atoms with E-state index in [1.807, 2.05) is 19.1 Å². The van der Waals surface area contributed by atoms with Crippen molar-refractivity contribution >= 4 is 16.7 Å². The Bertz CT molecular complexity index is 600. The van der Waals surface area contributed by atoms with E-state index in [4.69, 9.17) is 4.74 Å². The van der Waals surface area contributed by atoms with Crippen LogP contribution in [0.3, 0.4) is 0 Å². The van der Waals surface area contributed by atoms with Gasteiger partial charge >= 0.3 is 5.97 Å². The molecule has 0 heterocycles. The summed E-state index contributed by atoms with van der Waals surface area (Å²) in [6.45, 7) is 1.94. The number of hydrogen-bond acceptors (Lipinski definition) is 3. The third kappa shape index (κ3) is 2.51. The number of esters is 1. The number of ether oxygens (including phenoxy) is 1. The van der Waals surface area contributed by atoms with Crippen LogP contribution >= 0.6 is 0 Å². The summed E-state index contributed by atoms with van der Waals surface area (Å²) in [6.07, 6.45) is 3.93. The molecule has 0 fully saturated rings. The molecule has 0 aliphatic heterocycles. The first-order valence-corrected chi connectivity index (χ1v) is 5.81. The van der Waals surface area contributed by atoms with Gasteiger partial charge in [-0.1, -0.05) is 37.3 Å². The molecule has 0 saturated carbocycles. The van der Waals surface area contributed by atoms with Crippen molar-refractivity contribution in [2.75, 3.05) is 0 Å². The molecule has 0 radical (unpaired) electrons. The van der Waals surface area contributed by atoms with E-state index in [9.17, 15) is 9.90 Å². The normalized spacial score (nSPS) is 10.9. The second-order valence-corrected chi connectivity index (χ2v) is 3.86. The molecule has 3 nitrogen and oxygen atoms in total. The Hall–Kier alpha value is -2.29. The van der Waals surface area contributed by atoms with Gasteiger partial charge in [0.1, 0.15) is 11.5 Å². The largest absolute Gasteiger partial charge is 0.507 e. The second kappa shape index (κ2) is 5.36. The number of rotatable bonds is 3. The molecule has 0 aromatic heterocycles. The molecule has 3 heteroatoms. The molecule has 0 aliphatic carbocycles. The summed E-state index contributed by atoms with van der Waals surface area (Å²) in [6, 6.07) is 10.4. The monoisotopic (exact) mass is 242 g/mol. The first-order valence-electron chi connectivity index (χ1n) is 5.81. The predicted octanol–water partition coefficient (Wildman–Crippen LogP) is 3.42. The van der Waals surface area contributed by atoms with Crippen molar-refractivity contribution in [3.05, 3.63) is 48.6 Å². The van der Waals surface area contributed by atoms with Gasteiger partial charge in [0.05, 0.1) is 0 Å². The molecule has 0 unspecified atom stereocenters. The number of fused-ring (bicyclic) bond motifs is 1. The SMILES string of the molecule is CC/C=C/C(=O)Oc1ccc(O)c2ccccc12. The van der Waals surface area contributed by atoms with E-state index in [2.05, 4.69) is 0 Å². The number of allylic oxidation sites excluding steroid dienone is 1. The average Bonchev–Trinajstić information content (AvgIpc) is 2.40. The summed E-state index contributed by atoms with van der Waals surface area (Å²) >= 11 is 0. The van der Waals surface area contributed by atoms with Crippen LogP contribution in [0.5, 0.6) is 11.5 Å². The Morgan fingerprint density at radius 3 is 2.67 bits per heavy atom. The Labute approximate surface area is 105 Å². The molecule has 0 bridgehead atoms. The fourth-order valence-corrected chi connectivity index (χ4v) is 1.70. The van der Waals surface area contributed by atoms with Gasteiger partial charge in [-0.05, 0) is 18.6 Å². The Balaban J connectivity index is 2.37. The third-order valence-electron chi connectivity index (χ3n) is 2.56. The average molecular weight is 242 g/mol. The van der Waals surface area contributed by atoms with Gasteiger partial charge in [-0.25, -0.2) is 4.79 Å². The Morgan fingerprint density at radius 1 is 1.22 bits per heavy atom. The molecule has 0 aliphatic rings. The summed E-state index contributed by atoms with van der Waals surface area (Å²) in [5, 5.41) is 11.1. The lowest BCUT2D eigenvalue weighted by molar-refractivity contribution is -0.128.